The molecule has 1 fully saturated rings. The third-order valence-electron chi connectivity index (χ3n) is 4.55. The Labute approximate surface area is 167 Å². The quantitative estimate of drug-likeness (QED) is 0.671. The van der Waals surface area contributed by atoms with Crippen molar-refractivity contribution in [2.75, 3.05) is 50.6 Å². The van der Waals surface area contributed by atoms with Crippen LogP contribution in [-0.4, -0.2) is 65.7 Å². The van der Waals surface area contributed by atoms with Crippen molar-refractivity contribution >= 4 is 38.8 Å². The van der Waals surface area contributed by atoms with Crippen LogP contribution < -0.4 is 10.2 Å². The summed E-state index contributed by atoms with van der Waals surface area (Å²) >= 11 is 3.45. The van der Waals surface area contributed by atoms with E-state index < -0.39 is 0 Å². The van der Waals surface area contributed by atoms with Crippen molar-refractivity contribution in [3.63, 3.8) is 0 Å². The molecule has 7 nitrogen and oxygen atoms in total. The first-order chi connectivity index (χ1) is 13.1. The van der Waals surface area contributed by atoms with Crippen molar-refractivity contribution < 1.29 is 4.74 Å². The summed E-state index contributed by atoms with van der Waals surface area (Å²) in [6.45, 7) is 3.52. The van der Waals surface area contributed by atoms with E-state index in [9.17, 15) is 0 Å². The number of halogens is 1. The Kier molecular flexibility index (Phi) is 5.29. The van der Waals surface area contributed by atoms with Gasteiger partial charge in [-0.05, 0) is 54.3 Å². The predicted octanol–water partition coefficient (Wildman–Crippen LogP) is 3.00. The number of ether oxygens (including phenoxy) is 1. The van der Waals surface area contributed by atoms with Crippen LogP contribution in [-0.2, 0) is 4.74 Å². The number of anilines is 3. The molecule has 0 amide bonds. The van der Waals surface area contributed by atoms with Crippen LogP contribution in [0.5, 0.6) is 0 Å². The number of hydrogen-bond donors (Lipinski definition) is 1. The smallest absolute Gasteiger partial charge is 0.180 e. The summed E-state index contributed by atoms with van der Waals surface area (Å²) < 4.78 is 8.56. The maximum absolute atomic E-state index is 5.87. The van der Waals surface area contributed by atoms with E-state index >= 15 is 0 Å². The highest BCUT2D eigenvalue weighted by molar-refractivity contribution is 9.10. The minimum Gasteiger partial charge on any atom is -0.373 e. The molecule has 4 rings (SSSR count). The van der Waals surface area contributed by atoms with Gasteiger partial charge < -0.3 is 24.3 Å². The van der Waals surface area contributed by atoms with Crippen molar-refractivity contribution in [1.29, 1.82) is 0 Å². The van der Waals surface area contributed by atoms with Gasteiger partial charge in [0, 0.05) is 49.6 Å². The number of nitrogens with one attached hydrogen (secondary N) is 1. The lowest BCUT2D eigenvalue weighted by molar-refractivity contribution is 0.0248. The van der Waals surface area contributed by atoms with Gasteiger partial charge in [0.05, 0.1) is 12.7 Å². The number of fused-ring (bicyclic) bond motifs is 1. The zero-order chi connectivity index (χ0) is 18.8. The van der Waals surface area contributed by atoms with Crippen LogP contribution in [0.3, 0.4) is 0 Å². The molecule has 0 aliphatic carbocycles. The van der Waals surface area contributed by atoms with E-state index in [2.05, 4.69) is 79.4 Å². The minimum atomic E-state index is 0.242. The van der Waals surface area contributed by atoms with E-state index in [0.717, 1.165) is 48.0 Å². The average Bonchev–Trinajstić information content (AvgIpc) is 3.10. The van der Waals surface area contributed by atoms with Gasteiger partial charge in [0.1, 0.15) is 4.60 Å². The minimum absolute atomic E-state index is 0.242. The maximum Gasteiger partial charge on any atom is 0.180 e. The van der Waals surface area contributed by atoms with Gasteiger partial charge in [-0.25, -0.2) is 9.97 Å². The number of aromatic nitrogens is 3. The zero-order valence-electron chi connectivity index (χ0n) is 15.5. The van der Waals surface area contributed by atoms with E-state index in [1.807, 2.05) is 16.8 Å². The van der Waals surface area contributed by atoms with Crippen LogP contribution in [0.1, 0.15) is 0 Å². The second kappa shape index (κ2) is 7.84. The van der Waals surface area contributed by atoms with Crippen LogP contribution in [0.4, 0.5) is 17.2 Å². The Balaban J connectivity index is 1.48. The van der Waals surface area contributed by atoms with Crippen molar-refractivity contribution in [1.82, 2.24) is 19.3 Å². The van der Waals surface area contributed by atoms with Crippen molar-refractivity contribution in [2.45, 2.75) is 6.10 Å². The third-order valence-corrected chi connectivity index (χ3v) is 4.93. The monoisotopic (exact) mass is 430 g/mol. The molecule has 1 unspecified atom stereocenters. The summed E-state index contributed by atoms with van der Waals surface area (Å²) in [4.78, 5) is 13.4. The van der Waals surface area contributed by atoms with Crippen LogP contribution in [0.25, 0.3) is 5.65 Å². The number of morpholine rings is 1. The Morgan fingerprint density at radius 2 is 2.11 bits per heavy atom. The molecule has 27 heavy (non-hydrogen) atoms. The van der Waals surface area contributed by atoms with Gasteiger partial charge >= 0.3 is 0 Å². The Hall–Kier alpha value is -2.16. The Morgan fingerprint density at radius 1 is 1.30 bits per heavy atom. The molecule has 0 spiro atoms. The molecule has 1 atom stereocenters. The van der Waals surface area contributed by atoms with Crippen molar-refractivity contribution in [3.8, 4) is 0 Å². The Morgan fingerprint density at radius 3 is 2.89 bits per heavy atom. The molecule has 0 bridgehead atoms. The van der Waals surface area contributed by atoms with Gasteiger partial charge in [-0.15, -0.1) is 0 Å². The molecule has 1 aliphatic heterocycles. The molecule has 1 aromatic carbocycles. The van der Waals surface area contributed by atoms with Crippen LogP contribution in [0.15, 0.2) is 47.5 Å². The first kappa shape index (κ1) is 18.2. The molecule has 1 saturated heterocycles. The maximum atomic E-state index is 5.87. The highest BCUT2D eigenvalue weighted by Crippen LogP contribution is 2.24. The van der Waals surface area contributed by atoms with Crippen LogP contribution in [0.2, 0.25) is 0 Å². The van der Waals surface area contributed by atoms with E-state index in [0.29, 0.717) is 0 Å². The fourth-order valence-electron chi connectivity index (χ4n) is 3.35. The van der Waals surface area contributed by atoms with E-state index in [-0.39, 0.29) is 6.10 Å². The lowest BCUT2D eigenvalue weighted by Crippen LogP contribution is -2.46. The fourth-order valence-corrected chi connectivity index (χ4v) is 3.75. The second-order valence-corrected chi connectivity index (χ2v) is 7.76. The molecule has 1 aliphatic rings. The first-order valence-corrected chi connectivity index (χ1v) is 9.75. The molecule has 3 heterocycles. The summed E-state index contributed by atoms with van der Waals surface area (Å²) in [6.07, 6.45) is 5.80. The summed E-state index contributed by atoms with van der Waals surface area (Å²) in [6, 6.07) is 8.43. The molecular weight excluding hydrogens is 408 g/mol. The molecule has 1 N–H and O–H groups in total. The van der Waals surface area contributed by atoms with Crippen LogP contribution in [0, 0.1) is 0 Å². The topological polar surface area (TPSA) is 57.9 Å². The van der Waals surface area contributed by atoms with Gasteiger partial charge in [0.15, 0.2) is 11.5 Å². The summed E-state index contributed by atoms with van der Waals surface area (Å²) in [7, 11) is 4.16. The number of likely N-dealkylation sites (N-methyl/N-ethyl adjacent to an activating group) is 1. The lowest BCUT2D eigenvalue weighted by Gasteiger charge is -2.35. The second-order valence-electron chi connectivity index (χ2n) is 6.94. The van der Waals surface area contributed by atoms with Gasteiger partial charge in [-0.1, -0.05) is 0 Å². The third kappa shape index (κ3) is 4.23. The highest BCUT2D eigenvalue weighted by atomic mass is 79.9. The van der Waals surface area contributed by atoms with Gasteiger partial charge in [-0.3, -0.25) is 0 Å². The number of hydrogen-bond acceptors (Lipinski definition) is 6. The predicted molar refractivity (Wildman–Crippen MR) is 111 cm³/mol. The molecular formula is C19H23BrN6O. The van der Waals surface area contributed by atoms with E-state index in [4.69, 9.17) is 4.74 Å². The molecule has 0 radical (unpaired) electrons. The van der Waals surface area contributed by atoms with Crippen LogP contribution >= 0.6 is 15.9 Å². The number of imidazole rings is 1. The van der Waals surface area contributed by atoms with E-state index in [1.165, 1.54) is 5.69 Å². The number of nitrogens with zero attached hydrogens (tertiary/aromatic N) is 5. The highest BCUT2D eigenvalue weighted by Gasteiger charge is 2.21. The number of rotatable bonds is 5. The summed E-state index contributed by atoms with van der Waals surface area (Å²) in [5, 5.41) is 3.36. The molecule has 2 aromatic heterocycles. The SMILES string of the molecule is CN(C)CC1CN(c2ccc(Nc3nc(Br)cn4ccnc34)cc2)CCO1. The van der Waals surface area contributed by atoms with Crippen molar-refractivity contribution in [2.24, 2.45) is 0 Å². The normalized spacial score (nSPS) is 17.6. The average molecular weight is 431 g/mol. The molecule has 0 saturated carbocycles. The Bertz CT molecular complexity index is 910. The van der Waals surface area contributed by atoms with Crippen molar-refractivity contribution in [3.05, 3.63) is 47.5 Å². The standard InChI is InChI=1S/C19H23BrN6O/c1-24(2)11-16-12-25(9-10-27-16)15-5-3-14(4-6-15)22-18-19-21-7-8-26(19)13-17(20)23-18/h3-8,13,16H,9-12H2,1-2H3,(H,22,23). The zero-order valence-corrected chi connectivity index (χ0v) is 17.1. The first-order valence-electron chi connectivity index (χ1n) is 8.96. The summed E-state index contributed by atoms with van der Waals surface area (Å²) in [5.41, 5.74) is 2.98. The lowest BCUT2D eigenvalue weighted by atomic mass is 10.2. The summed E-state index contributed by atoms with van der Waals surface area (Å²) in [5.74, 6) is 0.722. The van der Waals surface area contributed by atoms with Gasteiger partial charge in [0.25, 0.3) is 0 Å². The largest absolute Gasteiger partial charge is 0.373 e. The molecule has 8 heteroatoms. The van der Waals surface area contributed by atoms with Gasteiger partial charge in [0.2, 0.25) is 0 Å². The van der Waals surface area contributed by atoms with E-state index in [1.54, 1.807) is 6.20 Å². The van der Waals surface area contributed by atoms with Gasteiger partial charge in [-0.2, -0.15) is 0 Å². The molecule has 3 aromatic rings. The number of benzene rings is 1. The fraction of sp³-hybridized carbons (Fsp3) is 0.368. The molecule has 142 valence electrons.